The highest BCUT2D eigenvalue weighted by molar-refractivity contribution is 14.1. The van der Waals surface area contributed by atoms with Crippen molar-refractivity contribution in [2.24, 2.45) is 0 Å². The Kier molecular flexibility index (Phi) is 5.53. The zero-order chi connectivity index (χ0) is 18.8. The van der Waals surface area contributed by atoms with Gasteiger partial charge in [0.25, 0.3) is 0 Å². The highest BCUT2D eigenvalue weighted by Crippen LogP contribution is 2.28. The third-order valence-electron chi connectivity index (χ3n) is 4.29. The summed E-state index contributed by atoms with van der Waals surface area (Å²) in [5.41, 5.74) is 3.87. The number of alkyl halides is 1. The topological polar surface area (TPSA) is 48.5 Å². The van der Waals surface area contributed by atoms with Crippen LogP contribution in [0.2, 0.25) is 0 Å². The van der Waals surface area contributed by atoms with E-state index in [0.717, 1.165) is 36.2 Å². The third kappa shape index (κ3) is 3.91. The summed E-state index contributed by atoms with van der Waals surface area (Å²) in [6.45, 7) is 0.905. The summed E-state index contributed by atoms with van der Waals surface area (Å²) >= 11 is 5.77. The van der Waals surface area contributed by atoms with Crippen LogP contribution in [0, 0.1) is 3.70 Å². The van der Waals surface area contributed by atoms with Crippen molar-refractivity contribution in [3.63, 3.8) is 0 Å². The smallest absolute Gasteiger partial charge is 0.142 e. The summed E-state index contributed by atoms with van der Waals surface area (Å²) in [6, 6.07) is 8.05. The van der Waals surface area contributed by atoms with Crippen molar-refractivity contribution in [3.05, 3.63) is 62.9 Å². The number of hydrogen-bond acceptors (Lipinski definition) is 3. The fourth-order valence-electron chi connectivity index (χ4n) is 3.07. The number of nitrogens with zero attached hydrogens (tertiary/aromatic N) is 5. The minimum Gasteiger partial charge on any atom is -0.324 e. The summed E-state index contributed by atoms with van der Waals surface area (Å²) in [7, 11) is 0. The zero-order valence-corrected chi connectivity index (χ0v) is 18.1. The lowest BCUT2D eigenvalue weighted by Crippen LogP contribution is -2.04. The summed E-state index contributed by atoms with van der Waals surface area (Å²) in [5.74, 6) is 0.811. The monoisotopic (exact) mass is 539 g/mol. The number of rotatable bonds is 6. The normalized spacial score (nSPS) is 11.4. The second-order valence-corrected chi connectivity index (χ2v) is 8.21. The van der Waals surface area contributed by atoms with Crippen LogP contribution in [0.3, 0.4) is 0 Å². The van der Waals surface area contributed by atoms with E-state index in [1.54, 1.807) is 0 Å². The van der Waals surface area contributed by atoms with Gasteiger partial charge in [0.05, 0.1) is 40.5 Å². The van der Waals surface area contributed by atoms with Crippen LogP contribution < -0.4 is 0 Å². The molecule has 5 nitrogen and oxygen atoms in total. The Labute approximate surface area is 177 Å². The van der Waals surface area contributed by atoms with Crippen molar-refractivity contribution in [1.82, 2.24) is 24.1 Å². The highest BCUT2D eigenvalue weighted by Gasteiger charge is 2.14. The first-order chi connectivity index (χ1) is 13.2. The zero-order valence-electron chi connectivity index (χ0n) is 14.3. The highest BCUT2D eigenvalue weighted by atomic mass is 127. The van der Waals surface area contributed by atoms with Crippen LogP contribution in [-0.4, -0.2) is 30.8 Å². The molecule has 0 saturated carbocycles. The summed E-state index contributed by atoms with van der Waals surface area (Å²) in [6.07, 6.45) is 7.75. The average Bonchev–Trinajstić information content (AvgIpc) is 3.23. The van der Waals surface area contributed by atoms with Gasteiger partial charge in [0, 0.05) is 29.0 Å². The SMILES string of the molecule is FCCCn1c(-c2cncc(Cn3cncc3I)c2)nc2ccc(Br)cc21. The minimum atomic E-state index is -0.357. The van der Waals surface area contributed by atoms with Gasteiger partial charge in [0.15, 0.2) is 0 Å². The number of halogens is 3. The lowest BCUT2D eigenvalue weighted by atomic mass is 10.2. The van der Waals surface area contributed by atoms with Gasteiger partial charge in [0.1, 0.15) is 5.82 Å². The van der Waals surface area contributed by atoms with E-state index in [1.807, 2.05) is 43.1 Å². The molecular formula is C19H16BrFIN5. The molecule has 3 aromatic heterocycles. The van der Waals surface area contributed by atoms with E-state index in [9.17, 15) is 4.39 Å². The van der Waals surface area contributed by atoms with Gasteiger partial charge < -0.3 is 9.13 Å². The van der Waals surface area contributed by atoms with Crippen LogP contribution in [0.4, 0.5) is 4.39 Å². The molecular weight excluding hydrogens is 524 g/mol. The molecule has 0 aliphatic rings. The van der Waals surface area contributed by atoms with Crippen molar-refractivity contribution in [2.75, 3.05) is 6.67 Å². The van der Waals surface area contributed by atoms with Crippen LogP contribution in [0.5, 0.6) is 0 Å². The summed E-state index contributed by atoms with van der Waals surface area (Å²) in [4.78, 5) is 13.4. The van der Waals surface area contributed by atoms with Crippen LogP contribution in [-0.2, 0) is 13.1 Å². The van der Waals surface area contributed by atoms with Crippen molar-refractivity contribution < 1.29 is 4.39 Å². The van der Waals surface area contributed by atoms with E-state index in [-0.39, 0.29) is 6.67 Å². The van der Waals surface area contributed by atoms with E-state index in [4.69, 9.17) is 4.98 Å². The number of imidazole rings is 2. The second kappa shape index (κ2) is 8.05. The lowest BCUT2D eigenvalue weighted by molar-refractivity contribution is 0.450. The third-order valence-corrected chi connectivity index (χ3v) is 5.68. The number of aryl methyl sites for hydroxylation is 1. The maximum Gasteiger partial charge on any atom is 0.142 e. The molecule has 0 spiro atoms. The van der Waals surface area contributed by atoms with Crippen molar-refractivity contribution in [2.45, 2.75) is 19.5 Å². The first-order valence-electron chi connectivity index (χ1n) is 8.47. The van der Waals surface area contributed by atoms with E-state index < -0.39 is 0 Å². The average molecular weight is 540 g/mol. The van der Waals surface area contributed by atoms with Gasteiger partial charge in [-0.25, -0.2) is 9.97 Å². The van der Waals surface area contributed by atoms with E-state index in [1.165, 1.54) is 0 Å². The maximum atomic E-state index is 12.8. The van der Waals surface area contributed by atoms with Crippen LogP contribution in [0.1, 0.15) is 12.0 Å². The van der Waals surface area contributed by atoms with Crippen LogP contribution >= 0.6 is 38.5 Å². The number of aromatic nitrogens is 5. The summed E-state index contributed by atoms with van der Waals surface area (Å²) < 4.78 is 19.0. The van der Waals surface area contributed by atoms with Gasteiger partial charge in [-0.05, 0) is 58.8 Å². The molecule has 0 aliphatic carbocycles. The van der Waals surface area contributed by atoms with Crippen LogP contribution in [0.25, 0.3) is 22.4 Å². The molecule has 27 heavy (non-hydrogen) atoms. The van der Waals surface area contributed by atoms with Gasteiger partial charge in [-0.15, -0.1) is 0 Å². The maximum absolute atomic E-state index is 12.8. The number of benzene rings is 1. The van der Waals surface area contributed by atoms with Gasteiger partial charge in [0.2, 0.25) is 0 Å². The molecule has 138 valence electrons. The Bertz CT molecular complexity index is 1090. The number of pyridine rings is 1. The minimum absolute atomic E-state index is 0.357. The van der Waals surface area contributed by atoms with Crippen LogP contribution in [0.15, 0.2) is 53.7 Å². The molecule has 0 bridgehead atoms. The Morgan fingerprint density at radius 1 is 1.11 bits per heavy atom. The Hall–Kier alpha value is -1.81. The summed E-state index contributed by atoms with van der Waals surface area (Å²) in [5, 5.41) is 0. The van der Waals surface area contributed by atoms with Crippen molar-refractivity contribution in [1.29, 1.82) is 0 Å². The molecule has 0 amide bonds. The predicted molar refractivity (Wildman–Crippen MR) is 115 cm³/mol. The molecule has 0 unspecified atom stereocenters. The fraction of sp³-hybridized carbons (Fsp3) is 0.211. The Morgan fingerprint density at radius 2 is 2.00 bits per heavy atom. The van der Waals surface area contributed by atoms with E-state index in [0.29, 0.717) is 19.5 Å². The van der Waals surface area contributed by atoms with E-state index in [2.05, 4.69) is 63.7 Å². The standard InChI is InChI=1S/C19H16BrFIN5/c20-15-2-3-16-17(7-15)27(5-1-4-21)19(25-16)14-6-13(8-23-9-14)11-26-12-24-10-18(26)22/h2-3,6-10,12H,1,4-5,11H2. The van der Waals surface area contributed by atoms with Gasteiger partial charge >= 0.3 is 0 Å². The molecule has 1 aromatic carbocycles. The Morgan fingerprint density at radius 3 is 2.78 bits per heavy atom. The molecule has 0 saturated heterocycles. The number of fused-ring (bicyclic) bond motifs is 1. The molecule has 8 heteroatoms. The lowest BCUT2D eigenvalue weighted by Gasteiger charge is -2.10. The molecule has 0 N–H and O–H groups in total. The largest absolute Gasteiger partial charge is 0.324 e. The molecule has 0 radical (unpaired) electrons. The molecule has 3 heterocycles. The molecule has 0 fully saturated rings. The van der Waals surface area contributed by atoms with Crippen molar-refractivity contribution >= 4 is 49.6 Å². The quantitative estimate of drug-likeness (QED) is 0.321. The van der Waals surface area contributed by atoms with Gasteiger partial charge in [-0.3, -0.25) is 9.37 Å². The predicted octanol–water partition coefficient (Wildman–Crippen LogP) is 5.07. The van der Waals surface area contributed by atoms with Gasteiger partial charge in [-0.1, -0.05) is 15.9 Å². The first-order valence-corrected chi connectivity index (χ1v) is 10.3. The van der Waals surface area contributed by atoms with E-state index >= 15 is 0 Å². The van der Waals surface area contributed by atoms with Gasteiger partial charge in [-0.2, -0.15) is 0 Å². The van der Waals surface area contributed by atoms with Crippen molar-refractivity contribution in [3.8, 4) is 11.4 Å². The molecule has 4 aromatic rings. The fourth-order valence-corrected chi connectivity index (χ4v) is 3.88. The molecule has 4 rings (SSSR count). The Balaban J connectivity index is 1.77. The molecule has 0 atom stereocenters. The first kappa shape index (κ1) is 18.5. The molecule has 0 aliphatic heterocycles. The number of hydrogen-bond donors (Lipinski definition) is 0. The second-order valence-electron chi connectivity index (χ2n) is 6.19.